The molecule has 1 atom stereocenters. The number of benzene rings is 1. The van der Waals surface area contributed by atoms with Crippen molar-refractivity contribution in [2.75, 3.05) is 23.9 Å². The predicted octanol–water partition coefficient (Wildman–Crippen LogP) is 2.10. The summed E-state index contributed by atoms with van der Waals surface area (Å²) in [4.78, 5) is 37.7. The lowest BCUT2D eigenvalue weighted by molar-refractivity contribution is -0.117. The van der Waals surface area contributed by atoms with E-state index in [1.807, 2.05) is 0 Å². The summed E-state index contributed by atoms with van der Waals surface area (Å²) in [5.74, 6) is -0.445. The van der Waals surface area contributed by atoms with Crippen LogP contribution in [0.2, 0.25) is 0 Å². The standard InChI is InChI=1S/C16H21N3O5/c1-16(2,3)24-14(21)18-11-9-19(15(22)23-4)12-8-6-5-7-10(12)17-13(11)20/h5-8,11H,9H2,1-4H3,(H,17,20)(H,18,21). The van der Waals surface area contributed by atoms with Crippen LogP contribution in [0, 0.1) is 0 Å². The van der Waals surface area contributed by atoms with Crippen molar-refractivity contribution in [1.29, 1.82) is 0 Å². The van der Waals surface area contributed by atoms with Crippen molar-refractivity contribution in [3.05, 3.63) is 24.3 Å². The fraction of sp³-hybridized carbons (Fsp3) is 0.438. The summed E-state index contributed by atoms with van der Waals surface area (Å²) >= 11 is 0. The predicted molar refractivity (Wildman–Crippen MR) is 88.0 cm³/mol. The van der Waals surface area contributed by atoms with Gasteiger partial charge in [0.2, 0.25) is 5.91 Å². The molecule has 0 saturated carbocycles. The van der Waals surface area contributed by atoms with Crippen LogP contribution < -0.4 is 15.5 Å². The summed E-state index contributed by atoms with van der Waals surface area (Å²) in [6.07, 6.45) is -1.37. The Kier molecular flexibility index (Phi) is 4.96. The number of alkyl carbamates (subject to hydrolysis) is 1. The Balaban J connectivity index is 2.25. The molecule has 1 heterocycles. The Morgan fingerprint density at radius 2 is 1.96 bits per heavy atom. The quantitative estimate of drug-likeness (QED) is 0.819. The lowest BCUT2D eigenvalue weighted by Gasteiger charge is -2.25. The number of carbonyl (C=O) groups excluding carboxylic acids is 3. The molecule has 2 rings (SSSR count). The first-order valence-electron chi connectivity index (χ1n) is 7.46. The number of amides is 3. The van der Waals surface area contributed by atoms with Crippen LogP contribution in [0.1, 0.15) is 20.8 Å². The molecule has 2 N–H and O–H groups in total. The number of para-hydroxylation sites is 2. The van der Waals surface area contributed by atoms with Gasteiger partial charge in [-0.3, -0.25) is 9.69 Å². The molecule has 0 spiro atoms. The van der Waals surface area contributed by atoms with Gasteiger partial charge in [0.15, 0.2) is 0 Å². The highest BCUT2D eigenvalue weighted by atomic mass is 16.6. The number of rotatable bonds is 1. The zero-order valence-electron chi connectivity index (χ0n) is 14.1. The molecule has 1 aromatic rings. The van der Waals surface area contributed by atoms with E-state index in [9.17, 15) is 14.4 Å². The van der Waals surface area contributed by atoms with E-state index in [-0.39, 0.29) is 6.54 Å². The van der Waals surface area contributed by atoms with Crippen LogP contribution in [0.3, 0.4) is 0 Å². The van der Waals surface area contributed by atoms with Crippen LogP contribution in [0.4, 0.5) is 21.0 Å². The molecule has 130 valence electrons. The smallest absolute Gasteiger partial charge is 0.414 e. The Morgan fingerprint density at radius 3 is 2.58 bits per heavy atom. The van der Waals surface area contributed by atoms with Gasteiger partial charge in [-0.15, -0.1) is 0 Å². The van der Waals surface area contributed by atoms with Crippen LogP contribution in [0.5, 0.6) is 0 Å². The van der Waals surface area contributed by atoms with E-state index in [2.05, 4.69) is 10.6 Å². The van der Waals surface area contributed by atoms with Crippen molar-refractivity contribution in [2.24, 2.45) is 0 Å². The van der Waals surface area contributed by atoms with Crippen LogP contribution in [0.15, 0.2) is 24.3 Å². The van der Waals surface area contributed by atoms with Gasteiger partial charge in [-0.2, -0.15) is 0 Å². The Hall–Kier alpha value is -2.77. The minimum Gasteiger partial charge on any atom is -0.452 e. The van der Waals surface area contributed by atoms with Gasteiger partial charge in [-0.1, -0.05) is 12.1 Å². The van der Waals surface area contributed by atoms with Crippen LogP contribution >= 0.6 is 0 Å². The molecule has 1 aliphatic rings. The van der Waals surface area contributed by atoms with Crippen molar-refractivity contribution in [3.8, 4) is 0 Å². The number of hydrogen-bond acceptors (Lipinski definition) is 5. The third-order valence-corrected chi connectivity index (χ3v) is 3.22. The molecule has 0 radical (unpaired) electrons. The second-order valence-corrected chi connectivity index (χ2v) is 6.29. The van der Waals surface area contributed by atoms with Crippen molar-refractivity contribution < 1.29 is 23.9 Å². The van der Waals surface area contributed by atoms with Gasteiger partial charge in [0.05, 0.1) is 25.0 Å². The van der Waals surface area contributed by atoms with Crippen molar-refractivity contribution >= 4 is 29.5 Å². The number of methoxy groups -OCH3 is 1. The van der Waals surface area contributed by atoms with Crippen LogP contribution in [-0.2, 0) is 14.3 Å². The van der Waals surface area contributed by atoms with Gasteiger partial charge in [0, 0.05) is 0 Å². The largest absolute Gasteiger partial charge is 0.452 e. The molecule has 0 saturated heterocycles. The van der Waals surface area contributed by atoms with Gasteiger partial charge in [-0.05, 0) is 32.9 Å². The van der Waals surface area contributed by atoms with Gasteiger partial charge in [0.25, 0.3) is 0 Å². The molecule has 1 unspecified atom stereocenters. The van der Waals surface area contributed by atoms with Crippen molar-refractivity contribution in [1.82, 2.24) is 5.32 Å². The maximum atomic E-state index is 12.4. The molecule has 24 heavy (non-hydrogen) atoms. The first kappa shape index (κ1) is 17.6. The number of nitrogens with one attached hydrogen (secondary N) is 2. The van der Waals surface area contributed by atoms with Crippen molar-refractivity contribution in [2.45, 2.75) is 32.4 Å². The van der Waals surface area contributed by atoms with Gasteiger partial charge in [0.1, 0.15) is 11.6 Å². The topological polar surface area (TPSA) is 97.0 Å². The number of fused-ring (bicyclic) bond motifs is 1. The van der Waals surface area contributed by atoms with Crippen LogP contribution in [0.25, 0.3) is 0 Å². The number of hydrogen-bond donors (Lipinski definition) is 2. The average molecular weight is 335 g/mol. The zero-order valence-corrected chi connectivity index (χ0v) is 14.1. The highest BCUT2D eigenvalue weighted by molar-refractivity contribution is 6.05. The molecule has 0 aliphatic carbocycles. The van der Waals surface area contributed by atoms with E-state index in [0.29, 0.717) is 11.4 Å². The van der Waals surface area contributed by atoms with E-state index < -0.39 is 29.7 Å². The van der Waals surface area contributed by atoms with E-state index in [0.717, 1.165) is 0 Å². The highest BCUT2D eigenvalue weighted by Gasteiger charge is 2.33. The molecule has 8 nitrogen and oxygen atoms in total. The van der Waals surface area contributed by atoms with Crippen LogP contribution in [-0.4, -0.2) is 43.4 Å². The molecule has 0 bridgehead atoms. The second kappa shape index (κ2) is 6.77. The van der Waals surface area contributed by atoms with Crippen molar-refractivity contribution in [3.63, 3.8) is 0 Å². The Morgan fingerprint density at radius 1 is 1.29 bits per heavy atom. The maximum absolute atomic E-state index is 12.4. The monoisotopic (exact) mass is 335 g/mol. The summed E-state index contributed by atoms with van der Waals surface area (Å²) in [6, 6.07) is 5.84. The number of nitrogens with zero attached hydrogens (tertiary/aromatic N) is 1. The number of anilines is 2. The molecule has 0 aromatic heterocycles. The lowest BCUT2D eigenvalue weighted by Crippen LogP contribution is -2.51. The lowest BCUT2D eigenvalue weighted by atomic mass is 10.2. The molecule has 1 aromatic carbocycles. The molecule has 3 amide bonds. The fourth-order valence-corrected chi connectivity index (χ4v) is 2.24. The molecular formula is C16H21N3O5. The average Bonchev–Trinajstić information content (AvgIpc) is 2.62. The van der Waals surface area contributed by atoms with Gasteiger partial charge < -0.3 is 20.1 Å². The minimum absolute atomic E-state index is 0.0746. The summed E-state index contributed by atoms with van der Waals surface area (Å²) < 4.78 is 9.94. The fourth-order valence-electron chi connectivity index (χ4n) is 2.24. The number of carbonyl (C=O) groups is 3. The summed E-state index contributed by atoms with van der Waals surface area (Å²) in [5.41, 5.74) is 0.253. The first-order chi connectivity index (χ1) is 11.2. The van der Waals surface area contributed by atoms with E-state index >= 15 is 0 Å². The summed E-state index contributed by atoms with van der Waals surface area (Å²) in [7, 11) is 1.25. The van der Waals surface area contributed by atoms with E-state index in [1.165, 1.54) is 12.0 Å². The Labute approximate surface area is 140 Å². The van der Waals surface area contributed by atoms with E-state index in [4.69, 9.17) is 9.47 Å². The normalized spacial score (nSPS) is 17.2. The van der Waals surface area contributed by atoms with Gasteiger partial charge in [-0.25, -0.2) is 9.59 Å². The molecule has 1 aliphatic heterocycles. The zero-order chi connectivity index (χ0) is 17.9. The second-order valence-electron chi connectivity index (χ2n) is 6.29. The SMILES string of the molecule is COC(=O)N1CC(NC(=O)OC(C)(C)C)C(=O)Nc2ccccc21. The first-order valence-corrected chi connectivity index (χ1v) is 7.46. The third kappa shape index (κ3) is 4.15. The minimum atomic E-state index is -0.980. The van der Waals surface area contributed by atoms with Gasteiger partial charge >= 0.3 is 12.2 Å². The molecule has 8 heteroatoms. The third-order valence-electron chi connectivity index (χ3n) is 3.22. The molecule has 0 fully saturated rings. The molecular weight excluding hydrogens is 314 g/mol. The summed E-state index contributed by atoms with van der Waals surface area (Å²) in [5, 5.41) is 5.18. The number of ether oxygens (including phenoxy) is 2. The highest BCUT2D eigenvalue weighted by Crippen LogP contribution is 2.29. The maximum Gasteiger partial charge on any atom is 0.414 e. The summed E-state index contributed by atoms with van der Waals surface area (Å²) in [6.45, 7) is 5.08. The van der Waals surface area contributed by atoms with E-state index in [1.54, 1.807) is 45.0 Å². The Bertz CT molecular complexity index is 653.